The minimum absolute atomic E-state index is 0.630. The van der Waals surface area contributed by atoms with Gasteiger partial charge in [-0.05, 0) is 30.7 Å². The van der Waals surface area contributed by atoms with E-state index in [1.807, 2.05) is 12.1 Å². The van der Waals surface area contributed by atoms with Gasteiger partial charge in [0, 0.05) is 0 Å². The van der Waals surface area contributed by atoms with E-state index in [1.54, 1.807) is 12.1 Å². The van der Waals surface area contributed by atoms with Gasteiger partial charge in [-0.2, -0.15) is 0 Å². The lowest BCUT2D eigenvalue weighted by atomic mass is 10.2. The summed E-state index contributed by atoms with van der Waals surface area (Å²) in [4.78, 5) is 0.649. The summed E-state index contributed by atoms with van der Waals surface area (Å²) >= 11 is 0. The topological polar surface area (TPSA) is 69.1 Å². The molecule has 0 bridgehead atoms. The molecule has 0 saturated heterocycles. The fourth-order valence-electron chi connectivity index (χ4n) is 0.957. The molecule has 66 valence electrons. The second-order valence-electron chi connectivity index (χ2n) is 2.48. The van der Waals surface area contributed by atoms with Crippen LogP contribution in [0.3, 0.4) is 0 Å². The van der Waals surface area contributed by atoms with Gasteiger partial charge < -0.3 is 5.73 Å². The fraction of sp³-hybridized carbons (Fsp3) is 0.250. The Balaban J connectivity index is 2.78. The Labute approximate surface area is 74.4 Å². The van der Waals surface area contributed by atoms with E-state index in [-0.39, 0.29) is 0 Å². The fourth-order valence-corrected chi connectivity index (χ4v) is 1.36. The highest BCUT2D eigenvalue weighted by Gasteiger charge is 1.96. The van der Waals surface area contributed by atoms with Gasteiger partial charge in [-0.15, -0.1) is 0 Å². The maximum Gasteiger partial charge on any atom is 0.122 e. The number of benzene rings is 1. The third kappa shape index (κ3) is 2.41. The molecule has 0 spiro atoms. The van der Waals surface area contributed by atoms with Crippen LogP contribution in [0.25, 0.3) is 0 Å². The summed E-state index contributed by atoms with van der Waals surface area (Å²) in [6.07, 6.45) is 0.845. The normalized spacial score (nSPS) is 12.8. The standard InChI is InChI=1S/C8H12N2OS/c9-6-5-7-1-3-8(4-2-7)12(10)11/h1-4H,5-6,9-10H2. The van der Waals surface area contributed by atoms with Gasteiger partial charge in [0.2, 0.25) is 0 Å². The smallest absolute Gasteiger partial charge is 0.122 e. The van der Waals surface area contributed by atoms with Crippen molar-refractivity contribution in [2.24, 2.45) is 10.9 Å². The van der Waals surface area contributed by atoms with E-state index < -0.39 is 11.0 Å². The molecular formula is C8H12N2OS. The van der Waals surface area contributed by atoms with E-state index in [0.29, 0.717) is 11.4 Å². The quantitative estimate of drug-likeness (QED) is 0.703. The van der Waals surface area contributed by atoms with Gasteiger partial charge in [0.1, 0.15) is 11.0 Å². The molecule has 0 aromatic heterocycles. The molecule has 1 unspecified atom stereocenters. The van der Waals surface area contributed by atoms with Gasteiger partial charge in [0.25, 0.3) is 0 Å². The number of nitrogens with two attached hydrogens (primary N) is 2. The zero-order valence-electron chi connectivity index (χ0n) is 6.69. The van der Waals surface area contributed by atoms with Crippen molar-refractivity contribution in [3.63, 3.8) is 0 Å². The summed E-state index contributed by atoms with van der Waals surface area (Å²) in [7, 11) is -1.37. The Morgan fingerprint density at radius 1 is 1.25 bits per heavy atom. The summed E-state index contributed by atoms with van der Waals surface area (Å²) in [5.41, 5.74) is 6.52. The number of hydrogen-bond donors (Lipinski definition) is 2. The molecule has 0 fully saturated rings. The lowest BCUT2D eigenvalue weighted by Crippen LogP contribution is -2.04. The maximum atomic E-state index is 10.8. The van der Waals surface area contributed by atoms with Crippen LogP contribution in [0.15, 0.2) is 29.2 Å². The van der Waals surface area contributed by atoms with Crippen LogP contribution in [0.1, 0.15) is 5.56 Å². The Kier molecular flexibility index (Phi) is 3.40. The van der Waals surface area contributed by atoms with Crippen LogP contribution in [-0.4, -0.2) is 10.8 Å². The van der Waals surface area contributed by atoms with E-state index in [4.69, 9.17) is 10.9 Å². The molecule has 0 saturated carbocycles. The third-order valence-electron chi connectivity index (χ3n) is 1.59. The maximum absolute atomic E-state index is 10.8. The summed E-state index contributed by atoms with van der Waals surface area (Å²) in [6, 6.07) is 7.32. The molecule has 1 aromatic rings. The molecule has 1 rings (SSSR count). The molecule has 0 aliphatic carbocycles. The molecule has 0 radical (unpaired) electrons. The predicted octanol–water partition coefficient (Wildman–Crippen LogP) is 0.169. The Hall–Kier alpha value is -0.710. The molecule has 1 atom stereocenters. The van der Waals surface area contributed by atoms with Crippen molar-refractivity contribution in [2.75, 3.05) is 6.54 Å². The first-order valence-corrected chi connectivity index (χ1v) is 4.90. The first-order valence-electron chi connectivity index (χ1n) is 3.69. The second kappa shape index (κ2) is 4.35. The van der Waals surface area contributed by atoms with Gasteiger partial charge in [-0.25, -0.2) is 9.35 Å². The minimum atomic E-state index is -1.37. The molecule has 0 amide bonds. The van der Waals surface area contributed by atoms with Crippen molar-refractivity contribution in [3.8, 4) is 0 Å². The average molecular weight is 184 g/mol. The molecule has 0 aliphatic rings. The van der Waals surface area contributed by atoms with Crippen LogP contribution in [0.2, 0.25) is 0 Å². The van der Waals surface area contributed by atoms with Crippen molar-refractivity contribution in [3.05, 3.63) is 29.8 Å². The Morgan fingerprint density at radius 2 is 1.83 bits per heavy atom. The Morgan fingerprint density at radius 3 is 2.25 bits per heavy atom. The van der Waals surface area contributed by atoms with E-state index in [9.17, 15) is 4.21 Å². The molecule has 4 heteroatoms. The van der Waals surface area contributed by atoms with Crippen LogP contribution >= 0.6 is 0 Å². The highest BCUT2D eigenvalue weighted by atomic mass is 32.2. The van der Waals surface area contributed by atoms with Crippen LogP contribution in [0.5, 0.6) is 0 Å². The second-order valence-corrected chi connectivity index (χ2v) is 3.55. The van der Waals surface area contributed by atoms with E-state index in [0.717, 1.165) is 12.0 Å². The summed E-state index contributed by atoms with van der Waals surface area (Å²) in [5.74, 6) is 0. The van der Waals surface area contributed by atoms with Crippen molar-refractivity contribution < 1.29 is 4.21 Å². The molecule has 3 nitrogen and oxygen atoms in total. The molecule has 0 aliphatic heterocycles. The zero-order chi connectivity index (χ0) is 8.97. The highest BCUT2D eigenvalue weighted by molar-refractivity contribution is 7.82. The van der Waals surface area contributed by atoms with Crippen molar-refractivity contribution in [1.29, 1.82) is 0 Å². The average Bonchev–Trinajstić information content (AvgIpc) is 2.06. The first kappa shape index (κ1) is 9.38. The SMILES string of the molecule is NCCc1ccc(S(N)=O)cc1. The van der Waals surface area contributed by atoms with Crippen molar-refractivity contribution >= 4 is 11.0 Å². The molecule has 0 heterocycles. The van der Waals surface area contributed by atoms with Gasteiger partial charge in [0.05, 0.1) is 4.90 Å². The highest BCUT2D eigenvalue weighted by Crippen LogP contribution is 2.06. The third-order valence-corrected chi connectivity index (χ3v) is 2.33. The van der Waals surface area contributed by atoms with Gasteiger partial charge in [0.15, 0.2) is 0 Å². The summed E-state index contributed by atoms with van der Waals surface area (Å²) in [5, 5.41) is 5.19. The number of rotatable bonds is 3. The molecule has 1 aromatic carbocycles. The summed E-state index contributed by atoms with van der Waals surface area (Å²) < 4.78 is 10.8. The van der Waals surface area contributed by atoms with Crippen LogP contribution in [-0.2, 0) is 17.4 Å². The minimum Gasteiger partial charge on any atom is -0.330 e. The van der Waals surface area contributed by atoms with E-state index in [1.165, 1.54) is 0 Å². The van der Waals surface area contributed by atoms with Crippen molar-refractivity contribution in [2.45, 2.75) is 11.3 Å². The lowest BCUT2D eigenvalue weighted by molar-refractivity contribution is 0.684. The van der Waals surface area contributed by atoms with Crippen LogP contribution in [0, 0.1) is 0 Å². The van der Waals surface area contributed by atoms with Crippen molar-refractivity contribution in [1.82, 2.24) is 0 Å². The monoisotopic (exact) mass is 184 g/mol. The van der Waals surface area contributed by atoms with E-state index >= 15 is 0 Å². The van der Waals surface area contributed by atoms with Gasteiger partial charge in [-0.1, -0.05) is 12.1 Å². The largest absolute Gasteiger partial charge is 0.330 e. The molecule has 4 N–H and O–H groups in total. The molecular weight excluding hydrogens is 172 g/mol. The first-order chi connectivity index (χ1) is 5.74. The van der Waals surface area contributed by atoms with E-state index in [2.05, 4.69) is 0 Å². The Bertz CT molecular complexity index is 271. The zero-order valence-corrected chi connectivity index (χ0v) is 7.51. The number of hydrogen-bond acceptors (Lipinski definition) is 2. The van der Waals surface area contributed by atoms with Gasteiger partial charge >= 0.3 is 0 Å². The molecule has 12 heavy (non-hydrogen) atoms. The predicted molar refractivity (Wildman–Crippen MR) is 49.8 cm³/mol. The summed E-state index contributed by atoms with van der Waals surface area (Å²) in [6.45, 7) is 0.630. The van der Waals surface area contributed by atoms with Crippen LogP contribution < -0.4 is 10.9 Å². The lowest BCUT2D eigenvalue weighted by Gasteiger charge is -1.99. The van der Waals surface area contributed by atoms with Gasteiger partial charge in [-0.3, -0.25) is 0 Å². The van der Waals surface area contributed by atoms with Crippen LogP contribution in [0.4, 0.5) is 0 Å².